The second kappa shape index (κ2) is 5.08. The summed E-state index contributed by atoms with van der Waals surface area (Å²) in [5.74, 6) is 0.876. The maximum Gasteiger partial charge on any atom is 0.256 e. The van der Waals surface area contributed by atoms with Gasteiger partial charge in [-0.3, -0.25) is 4.79 Å². The highest BCUT2D eigenvalue weighted by molar-refractivity contribution is 6.06. The number of hydrogen-bond donors (Lipinski definition) is 1. The number of carbonyl (C=O) groups excluding carboxylic acids is 1. The second-order valence-corrected chi connectivity index (χ2v) is 5.39. The number of benzene rings is 1. The monoisotopic (exact) mass is 256 g/mol. The predicted molar refractivity (Wildman–Crippen MR) is 77.2 cm³/mol. The summed E-state index contributed by atoms with van der Waals surface area (Å²) in [4.78, 5) is 17.8. The lowest BCUT2D eigenvalue weighted by Crippen LogP contribution is -2.37. The highest BCUT2D eigenvalue weighted by Crippen LogP contribution is 2.28. The van der Waals surface area contributed by atoms with Crippen LogP contribution in [0.3, 0.4) is 0 Å². The molecule has 1 N–H and O–H groups in total. The van der Waals surface area contributed by atoms with Gasteiger partial charge in [-0.2, -0.15) is 0 Å². The number of para-hydroxylation sites is 1. The van der Waals surface area contributed by atoms with Crippen LogP contribution in [-0.2, 0) is 0 Å². The summed E-state index contributed by atoms with van der Waals surface area (Å²) >= 11 is 0. The van der Waals surface area contributed by atoms with Crippen LogP contribution in [0.4, 0.5) is 0 Å². The zero-order chi connectivity index (χ0) is 13.2. The van der Waals surface area contributed by atoms with Crippen LogP contribution in [-0.4, -0.2) is 28.9 Å². The fourth-order valence-electron chi connectivity index (χ4n) is 2.76. The molecule has 1 saturated carbocycles. The number of nitrogens with one attached hydrogen (secondary N) is 1. The van der Waals surface area contributed by atoms with Crippen molar-refractivity contribution in [3.63, 3.8) is 0 Å². The number of aromatic nitrogens is 1. The van der Waals surface area contributed by atoms with Crippen molar-refractivity contribution in [2.75, 3.05) is 13.1 Å². The van der Waals surface area contributed by atoms with E-state index in [1.807, 2.05) is 35.4 Å². The average molecular weight is 256 g/mol. The third-order valence-corrected chi connectivity index (χ3v) is 4.19. The molecule has 1 aliphatic rings. The molecule has 1 aromatic carbocycles. The molecule has 0 radical (unpaired) electrons. The van der Waals surface area contributed by atoms with Crippen LogP contribution in [0.25, 0.3) is 10.9 Å². The molecule has 0 atom stereocenters. The zero-order valence-electron chi connectivity index (χ0n) is 11.4. The third kappa shape index (κ3) is 2.25. The number of H-pyrrole nitrogens is 1. The van der Waals surface area contributed by atoms with E-state index in [1.54, 1.807) is 0 Å². The Balaban J connectivity index is 1.84. The summed E-state index contributed by atoms with van der Waals surface area (Å²) in [6, 6.07) is 7.98. The molecule has 100 valence electrons. The van der Waals surface area contributed by atoms with Crippen molar-refractivity contribution in [2.24, 2.45) is 5.92 Å². The standard InChI is InChI=1S/C16H20N2O/c1-2-18(11-12-6-5-7-12)16(19)14-10-17-15-9-4-3-8-13(14)15/h3-4,8-10,12,17H,2,5-7,11H2,1H3. The minimum absolute atomic E-state index is 0.159. The van der Waals surface area contributed by atoms with Gasteiger partial charge in [-0.1, -0.05) is 24.6 Å². The Morgan fingerprint density at radius 3 is 2.84 bits per heavy atom. The van der Waals surface area contributed by atoms with Gasteiger partial charge in [-0.15, -0.1) is 0 Å². The molecule has 0 bridgehead atoms. The topological polar surface area (TPSA) is 36.1 Å². The number of nitrogens with zero attached hydrogens (tertiary/aromatic N) is 1. The molecule has 0 saturated heterocycles. The first-order valence-corrected chi connectivity index (χ1v) is 7.15. The number of fused-ring (bicyclic) bond motifs is 1. The van der Waals surface area contributed by atoms with Gasteiger partial charge in [-0.25, -0.2) is 0 Å². The molecule has 2 aromatic rings. The normalized spacial score (nSPS) is 15.4. The van der Waals surface area contributed by atoms with E-state index >= 15 is 0 Å². The molecule has 3 nitrogen and oxygen atoms in total. The van der Waals surface area contributed by atoms with Crippen molar-refractivity contribution in [3.05, 3.63) is 36.0 Å². The van der Waals surface area contributed by atoms with Crippen LogP contribution in [0.1, 0.15) is 36.5 Å². The molecule has 0 unspecified atom stereocenters. The van der Waals surface area contributed by atoms with Gasteiger partial charge >= 0.3 is 0 Å². The van der Waals surface area contributed by atoms with Crippen molar-refractivity contribution in [3.8, 4) is 0 Å². The van der Waals surface area contributed by atoms with Crippen LogP contribution in [0.5, 0.6) is 0 Å². The maximum atomic E-state index is 12.6. The van der Waals surface area contributed by atoms with E-state index in [0.717, 1.165) is 29.6 Å². The Kier molecular flexibility index (Phi) is 3.28. The van der Waals surface area contributed by atoms with Gasteiger partial charge in [0.25, 0.3) is 5.91 Å². The largest absolute Gasteiger partial charge is 0.360 e. The fourth-order valence-corrected chi connectivity index (χ4v) is 2.76. The first-order valence-electron chi connectivity index (χ1n) is 7.15. The van der Waals surface area contributed by atoms with Gasteiger partial charge in [0, 0.05) is 30.2 Å². The van der Waals surface area contributed by atoms with Crippen LogP contribution >= 0.6 is 0 Å². The lowest BCUT2D eigenvalue weighted by molar-refractivity contribution is 0.0708. The van der Waals surface area contributed by atoms with Crippen LogP contribution < -0.4 is 0 Å². The second-order valence-electron chi connectivity index (χ2n) is 5.39. The summed E-state index contributed by atoms with van der Waals surface area (Å²) in [5, 5.41) is 1.03. The summed E-state index contributed by atoms with van der Waals surface area (Å²) in [5.41, 5.74) is 1.84. The molecule has 1 amide bonds. The number of carbonyl (C=O) groups is 1. The predicted octanol–water partition coefficient (Wildman–Crippen LogP) is 3.43. The smallest absolute Gasteiger partial charge is 0.256 e. The van der Waals surface area contributed by atoms with Crippen LogP contribution in [0, 0.1) is 5.92 Å². The van der Waals surface area contributed by atoms with Gasteiger partial charge in [0.15, 0.2) is 0 Å². The highest BCUT2D eigenvalue weighted by Gasteiger charge is 2.24. The van der Waals surface area contributed by atoms with E-state index < -0.39 is 0 Å². The highest BCUT2D eigenvalue weighted by atomic mass is 16.2. The van der Waals surface area contributed by atoms with Crippen molar-refractivity contribution in [1.82, 2.24) is 9.88 Å². The summed E-state index contributed by atoms with van der Waals surface area (Å²) in [6.45, 7) is 3.76. The van der Waals surface area contributed by atoms with E-state index in [9.17, 15) is 4.79 Å². The van der Waals surface area contributed by atoms with E-state index in [4.69, 9.17) is 0 Å². The van der Waals surface area contributed by atoms with E-state index in [1.165, 1.54) is 19.3 Å². The zero-order valence-corrected chi connectivity index (χ0v) is 11.4. The first-order chi connectivity index (χ1) is 9.29. The van der Waals surface area contributed by atoms with E-state index in [2.05, 4.69) is 11.9 Å². The molecular weight excluding hydrogens is 236 g/mol. The van der Waals surface area contributed by atoms with Gasteiger partial charge in [0.1, 0.15) is 0 Å². The molecule has 1 fully saturated rings. The molecule has 3 rings (SSSR count). The molecule has 1 aliphatic carbocycles. The molecule has 19 heavy (non-hydrogen) atoms. The van der Waals surface area contributed by atoms with Gasteiger partial charge in [-0.05, 0) is 31.7 Å². The van der Waals surface area contributed by atoms with Gasteiger partial charge in [0.05, 0.1) is 5.56 Å². The quantitative estimate of drug-likeness (QED) is 0.893. The van der Waals surface area contributed by atoms with Crippen molar-refractivity contribution < 1.29 is 4.79 Å². The van der Waals surface area contributed by atoms with Crippen molar-refractivity contribution >= 4 is 16.8 Å². The average Bonchev–Trinajstić information content (AvgIpc) is 2.81. The summed E-state index contributed by atoms with van der Waals surface area (Å²) in [6.07, 6.45) is 5.72. The lowest BCUT2D eigenvalue weighted by Gasteiger charge is -2.31. The minimum atomic E-state index is 0.159. The van der Waals surface area contributed by atoms with Gasteiger partial charge in [0.2, 0.25) is 0 Å². The molecule has 1 heterocycles. The van der Waals surface area contributed by atoms with E-state index in [0.29, 0.717) is 5.92 Å². The molecule has 0 spiro atoms. The van der Waals surface area contributed by atoms with Crippen LogP contribution in [0.15, 0.2) is 30.5 Å². The van der Waals surface area contributed by atoms with Crippen molar-refractivity contribution in [2.45, 2.75) is 26.2 Å². The summed E-state index contributed by atoms with van der Waals surface area (Å²) < 4.78 is 0. The Morgan fingerprint density at radius 2 is 2.16 bits per heavy atom. The van der Waals surface area contributed by atoms with Crippen LogP contribution in [0.2, 0.25) is 0 Å². The van der Waals surface area contributed by atoms with Gasteiger partial charge < -0.3 is 9.88 Å². The molecule has 0 aliphatic heterocycles. The third-order valence-electron chi connectivity index (χ3n) is 4.19. The van der Waals surface area contributed by atoms with E-state index in [-0.39, 0.29) is 5.91 Å². The number of aromatic amines is 1. The Morgan fingerprint density at radius 1 is 1.37 bits per heavy atom. The minimum Gasteiger partial charge on any atom is -0.360 e. The molecular formula is C16H20N2O. The fraction of sp³-hybridized carbons (Fsp3) is 0.438. The number of hydrogen-bond acceptors (Lipinski definition) is 1. The SMILES string of the molecule is CCN(CC1CCC1)C(=O)c1c[nH]c2ccccc12. The molecule has 1 aromatic heterocycles. The van der Waals surface area contributed by atoms with Crippen molar-refractivity contribution in [1.29, 1.82) is 0 Å². The summed E-state index contributed by atoms with van der Waals surface area (Å²) in [7, 11) is 0. The number of rotatable bonds is 4. The Bertz CT molecular complexity index is 583. The maximum absolute atomic E-state index is 12.6. The molecule has 3 heteroatoms. The lowest BCUT2D eigenvalue weighted by atomic mass is 9.85. The number of amides is 1. The Hall–Kier alpha value is -1.77. The Labute approximate surface area is 113 Å². The first kappa shape index (κ1) is 12.3.